The number of hydrogen-bond donors (Lipinski definition) is 0. The van der Waals surface area contributed by atoms with Crippen molar-refractivity contribution in [3.8, 4) is 0 Å². The highest BCUT2D eigenvalue weighted by Gasteiger charge is 2.23. The summed E-state index contributed by atoms with van der Waals surface area (Å²) in [6.45, 7) is 0.833. The minimum Gasteiger partial charge on any atom is -0.468 e. The Kier molecular flexibility index (Phi) is 2.06. The molecule has 56 valence electrons. The van der Waals surface area contributed by atoms with Gasteiger partial charge in [0, 0.05) is 6.54 Å². The second-order valence-corrected chi connectivity index (χ2v) is 2.34. The van der Waals surface area contributed by atoms with E-state index in [0.717, 1.165) is 6.54 Å². The van der Waals surface area contributed by atoms with Crippen molar-refractivity contribution < 1.29 is 9.53 Å². The summed E-state index contributed by atoms with van der Waals surface area (Å²) in [5.74, 6) is -0.184. The number of rotatable bonds is 1. The van der Waals surface area contributed by atoms with Crippen molar-refractivity contribution >= 4 is 5.97 Å². The molecule has 0 amide bonds. The number of likely N-dealkylation sites (N-methyl/N-ethyl adjacent to an activating group) is 1. The number of ether oxygens (including phenoxy) is 1. The second-order valence-electron chi connectivity index (χ2n) is 2.34. The lowest BCUT2D eigenvalue weighted by Crippen LogP contribution is -2.33. The molecule has 0 fully saturated rings. The van der Waals surface area contributed by atoms with Gasteiger partial charge in [0.15, 0.2) is 0 Å². The van der Waals surface area contributed by atoms with E-state index < -0.39 is 0 Å². The van der Waals surface area contributed by atoms with Crippen LogP contribution < -0.4 is 0 Å². The van der Waals surface area contributed by atoms with Crippen molar-refractivity contribution in [2.45, 2.75) is 6.04 Å². The molecule has 0 aliphatic carbocycles. The van der Waals surface area contributed by atoms with E-state index in [0.29, 0.717) is 0 Å². The molecule has 1 rings (SSSR count). The van der Waals surface area contributed by atoms with Gasteiger partial charge in [-0.05, 0) is 7.05 Å². The average molecular weight is 141 g/mol. The summed E-state index contributed by atoms with van der Waals surface area (Å²) in [4.78, 5) is 12.8. The van der Waals surface area contributed by atoms with Gasteiger partial charge in [-0.3, -0.25) is 9.69 Å². The van der Waals surface area contributed by atoms with Crippen LogP contribution in [0.2, 0.25) is 0 Å². The first-order valence-corrected chi connectivity index (χ1v) is 3.20. The molecule has 3 nitrogen and oxygen atoms in total. The Bertz CT molecular complexity index is 165. The Balaban J connectivity index is 2.55. The van der Waals surface area contributed by atoms with E-state index in [4.69, 9.17) is 0 Å². The fourth-order valence-corrected chi connectivity index (χ4v) is 0.996. The van der Waals surface area contributed by atoms with Gasteiger partial charge in [-0.15, -0.1) is 0 Å². The molecule has 0 aromatic carbocycles. The SMILES string of the molecule is COC(=O)[C@H]1C=CCN1C. The first kappa shape index (κ1) is 7.28. The summed E-state index contributed by atoms with van der Waals surface area (Å²) < 4.78 is 4.57. The van der Waals surface area contributed by atoms with Crippen molar-refractivity contribution in [2.24, 2.45) is 0 Å². The van der Waals surface area contributed by atoms with Crippen molar-refractivity contribution in [1.29, 1.82) is 0 Å². The van der Waals surface area contributed by atoms with Gasteiger partial charge < -0.3 is 4.74 Å². The molecule has 3 heteroatoms. The van der Waals surface area contributed by atoms with Gasteiger partial charge in [-0.1, -0.05) is 12.2 Å². The number of carbonyl (C=O) groups excluding carboxylic acids is 1. The van der Waals surface area contributed by atoms with Gasteiger partial charge in [0.1, 0.15) is 6.04 Å². The summed E-state index contributed by atoms with van der Waals surface area (Å²) in [6, 6.07) is -0.162. The van der Waals surface area contributed by atoms with Crippen molar-refractivity contribution in [2.75, 3.05) is 20.7 Å². The zero-order valence-corrected chi connectivity index (χ0v) is 6.20. The van der Waals surface area contributed by atoms with Crippen LogP contribution in [0.5, 0.6) is 0 Å². The number of hydrogen-bond acceptors (Lipinski definition) is 3. The van der Waals surface area contributed by atoms with Crippen LogP contribution in [-0.4, -0.2) is 37.6 Å². The highest BCUT2D eigenvalue weighted by atomic mass is 16.5. The highest BCUT2D eigenvalue weighted by Crippen LogP contribution is 2.07. The third kappa shape index (κ3) is 1.19. The molecule has 0 aromatic rings. The topological polar surface area (TPSA) is 29.5 Å². The van der Waals surface area contributed by atoms with Gasteiger partial charge in [0.05, 0.1) is 7.11 Å². The largest absolute Gasteiger partial charge is 0.468 e. The summed E-state index contributed by atoms with van der Waals surface area (Å²) in [5, 5.41) is 0. The Morgan fingerprint density at radius 3 is 2.90 bits per heavy atom. The monoisotopic (exact) mass is 141 g/mol. The van der Waals surface area contributed by atoms with E-state index in [1.54, 1.807) is 0 Å². The van der Waals surface area contributed by atoms with Crippen LogP contribution in [0.25, 0.3) is 0 Å². The Morgan fingerprint density at radius 1 is 1.80 bits per heavy atom. The smallest absolute Gasteiger partial charge is 0.327 e. The Labute approximate surface area is 60.3 Å². The van der Waals surface area contributed by atoms with Crippen LogP contribution in [-0.2, 0) is 9.53 Å². The first-order valence-electron chi connectivity index (χ1n) is 3.20. The van der Waals surface area contributed by atoms with E-state index in [9.17, 15) is 4.79 Å². The summed E-state index contributed by atoms with van der Waals surface area (Å²) in [6.07, 6.45) is 3.81. The maximum Gasteiger partial charge on any atom is 0.327 e. The van der Waals surface area contributed by atoms with Crippen LogP contribution in [0.1, 0.15) is 0 Å². The van der Waals surface area contributed by atoms with Crippen LogP contribution >= 0.6 is 0 Å². The lowest BCUT2D eigenvalue weighted by Gasteiger charge is -2.15. The quantitative estimate of drug-likeness (QED) is 0.381. The number of carbonyl (C=O) groups is 1. The zero-order valence-electron chi connectivity index (χ0n) is 6.20. The van der Waals surface area contributed by atoms with Crippen molar-refractivity contribution in [3.05, 3.63) is 12.2 Å². The fourth-order valence-electron chi connectivity index (χ4n) is 0.996. The summed E-state index contributed by atoms with van der Waals surface area (Å²) in [7, 11) is 3.30. The molecular weight excluding hydrogens is 130 g/mol. The molecule has 10 heavy (non-hydrogen) atoms. The lowest BCUT2D eigenvalue weighted by molar-refractivity contribution is -0.144. The molecule has 1 aliphatic heterocycles. The molecular formula is C7H11NO2. The summed E-state index contributed by atoms with van der Waals surface area (Å²) >= 11 is 0. The third-order valence-corrected chi connectivity index (χ3v) is 1.63. The number of methoxy groups -OCH3 is 1. The first-order chi connectivity index (χ1) is 4.75. The Morgan fingerprint density at radius 2 is 2.50 bits per heavy atom. The van der Waals surface area contributed by atoms with Gasteiger partial charge in [-0.2, -0.15) is 0 Å². The van der Waals surface area contributed by atoms with Crippen LogP contribution in [0.15, 0.2) is 12.2 Å². The third-order valence-electron chi connectivity index (χ3n) is 1.63. The molecule has 0 unspecified atom stereocenters. The van der Waals surface area contributed by atoms with Crippen molar-refractivity contribution in [1.82, 2.24) is 4.90 Å². The summed E-state index contributed by atoms with van der Waals surface area (Å²) in [5.41, 5.74) is 0. The van der Waals surface area contributed by atoms with E-state index in [2.05, 4.69) is 4.74 Å². The maximum atomic E-state index is 10.9. The van der Waals surface area contributed by atoms with Gasteiger partial charge in [-0.25, -0.2) is 0 Å². The Hall–Kier alpha value is -0.830. The van der Waals surface area contributed by atoms with Crippen LogP contribution in [0, 0.1) is 0 Å². The number of esters is 1. The predicted octanol–water partition coefficient (Wildman–Crippen LogP) is 0.0296. The van der Waals surface area contributed by atoms with Gasteiger partial charge in [0.2, 0.25) is 0 Å². The average Bonchev–Trinajstić information content (AvgIpc) is 2.34. The van der Waals surface area contributed by atoms with Gasteiger partial charge in [0.25, 0.3) is 0 Å². The second kappa shape index (κ2) is 2.84. The zero-order chi connectivity index (χ0) is 7.56. The standard InChI is InChI=1S/C7H11NO2/c1-8-5-3-4-6(8)7(9)10-2/h3-4,6H,5H2,1-2H3/t6-/m1/s1. The molecule has 0 bridgehead atoms. The predicted molar refractivity (Wildman–Crippen MR) is 37.6 cm³/mol. The molecule has 1 heterocycles. The normalized spacial score (nSPS) is 25.2. The molecule has 0 N–H and O–H groups in total. The molecule has 1 atom stereocenters. The van der Waals surface area contributed by atoms with E-state index >= 15 is 0 Å². The molecule has 0 saturated carbocycles. The highest BCUT2D eigenvalue weighted by molar-refractivity contribution is 5.78. The van der Waals surface area contributed by atoms with Crippen LogP contribution in [0.4, 0.5) is 0 Å². The number of nitrogens with zero attached hydrogens (tertiary/aromatic N) is 1. The molecule has 1 aliphatic rings. The van der Waals surface area contributed by atoms with Gasteiger partial charge >= 0.3 is 5.97 Å². The lowest BCUT2D eigenvalue weighted by atomic mass is 10.3. The molecule has 0 radical (unpaired) electrons. The fraction of sp³-hybridized carbons (Fsp3) is 0.571. The molecule has 0 spiro atoms. The van der Waals surface area contributed by atoms with Crippen molar-refractivity contribution in [3.63, 3.8) is 0 Å². The van der Waals surface area contributed by atoms with E-state index in [-0.39, 0.29) is 12.0 Å². The van der Waals surface area contributed by atoms with E-state index in [1.807, 2.05) is 24.1 Å². The maximum absolute atomic E-state index is 10.9. The minimum absolute atomic E-state index is 0.162. The van der Waals surface area contributed by atoms with Crippen LogP contribution in [0.3, 0.4) is 0 Å². The van der Waals surface area contributed by atoms with E-state index in [1.165, 1.54) is 7.11 Å². The minimum atomic E-state index is -0.184. The molecule has 0 aromatic heterocycles. The molecule has 0 saturated heterocycles.